The second kappa shape index (κ2) is 5.12. The molecular formula is C13H12N2O2. The fourth-order valence-electron chi connectivity index (χ4n) is 1.34. The molecule has 86 valence electrons. The Morgan fingerprint density at radius 3 is 2.59 bits per heavy atom. The van der Waals surface area contributed by atoms with Crippen LogP contribution in [0.5, 0.6) is 0 Å². The van der Waals surface area contributed by atoms with Crippen molar-refractivity contribution in [2.75, 3.05) is 0 Å². The summed E-state index contributed by atoms with van der Waals surface area (Å²) in [5.74, 6) is -0.111. The van der Waals surface area contributed by atoms with Gasteiger partial charge in [-0.2, -0.15) is 5.10 Å². The normalized spacial score (nSPS) is 11.2. The van der Waals surface area contributed by atoms with Gasteiger partial charge in [0.2, 0.25) is 0 Å². The highest BCUT2D eigenvalue weighted by Gasteiger charge is 2.06. The molecule has 2 rings (SSSR count). The largest absolute Gasteiger partial charge is 0.459 e. The van der Waals surface area contributed by atoms with Gasteiger partial charge in [0, 0.05) is 0 Å². The molecule has 0 bridgehead atoms. The lowest BCUT2D eigenvalue weighted by Crippen LogP contribution is -2.18. The molecule has 0 unspecified atom stereocenters. The zero-order valence-corrected chi connectivity index (χ0v) is 9.38. The molecule has 0 fully saturated rings. The molecule has 1 amide bonds. The van der Waals surface area contributed by atoms with Gasteiger partial charge in [-0.05, 0) is 24.6 Å². The van der Waals surface area contributed by atoms with Crippen molar-refractivity contribution in [2.24, 2.45) is 5.10 Å². The molecule has 0 spiro atoms. The molecular weight excluding hydrogens is 216 g/mol. The number of amides is 1. The molecule has 4 heteroatoms. The molecule has 1 aromatic carbocycles. The Morgan fingerprint density at radius 2 is 1.94 bits per heavy atom. The maximum atomic E-state index is 11.5. The summed E-state index contributed by atoms with van der Waals surface area (Å²) in [6.07, 6.45) is 1.45. The fourth-order valence-corrected chi connectivity index (χ4v) is 1.34. The van der Waals surface area contributed by atoms with E-state index >= 15 is 0 Å². The van der Waals surface area contributed by atoms with Crippen molar-refractivity contribution in [3.63, 3.8) is 0 Å². The maximum absolute atomic E-state index is 11.5. The molecule has 0 aliphatic heterocycles. The Hall–Kier alpha value is -2.36. The van der Waals surface area contributed by atoms with Crippen LogP contribution in [0.3, 0.4) is 0 Å². The van der Waals surface area contributed by atoms with Crippen LogP contribution in [0, 0.1) is 0 Å². The number of carbonyl (C=O) groups excluding carboxylic acids is 1. The molecule has 0 aliphatic carbocycles. The lowest BCUT2D eigenvalue weighted by molar-refractivity contribution is 0.0927. The smallest absolute Gasteiger partial charge is 0.307 e. The molecule has 0 atom stereocenters. The lowest BCUT2D eigenvalue weighted by atomic mass is 10.1. The van der Waals surface area contributed by atoms with Crippen LogP contribution in [-0.2, 0) is 0 Å². The van der Waals surface area contributed by atoms with E-state index in [1.54, 1.807) is 12.1 Å². The minimum absolute atomic E-state index is 0.245. The maximum Gasteiger partial charge on any atom is 0.307 e. The van der Waals surface area contributed by atoms with Gasteiger partial charge in [0.05, 0.1) is 12.0 Å². The number of nitrogens with one attached hydrogen (secondary N) is 1. The first kappa shape index (κ1) is 11.1. The molecule has 1 heterocycles. The van der Waals surface area contributed by atoms with Crippen molar-refractivity contribution in [3.05, 3.63) is 60.1 Å². The number of rotatable bonds is 3. The van der Waals surface area contributed by atoms with E-state index in [-0.39, 0.29) is 11.7 Å². The number of hydrogen-bond donors (Lipinski definition) is 1. The average Bonchev–Trinajstić information content (AvgIpc) is 2.90. The number of carbonyl (C=O) groups is 1. The van der Waals surface area contributed by atoms with Crippen molar-refractivity contribution in [2.45, 2.75) is 6.92 Å². The van der Waals surface area contributed by atoms with Crippen molar-refractivity contribution < 1.29 is 9.21 Å². The van der Waals surface area contributed by atoms with Gasteiger partial charge in [-0.15, -0.1) is 0 Å². The van der Waals surface area contributed by atoms with Gasteiger partial charge in [0.15, 0.2) is 5.76 Å². The van der Waals surface area contributed by atoms with E-state index in [0.717, 1.165) is 11.3 Å². The Bertz CT molecular complexity index is 516. The highest BCUT2D eigenvalue weighted by Crippen LogP contribution is 2.01. The number of hydrazone groups is 1. The predicted molar refractivity (Wildman–Crippen MR) is 64.8 cm³/mol. The summed E-state index contributed by atoms with van der Waals surface area (Å²) < 4.78 is 4.95. The van der Waals surface area contributed by atoms with Crippen LogP contribution in [0.1, 0.15) is 23.0 Å². The first-order valence-corrected chi connectivity index (χ1v) is 5.21. The number of benzene rings is 1. The molecule has 1 N–H and O–H groups in total. The number of nitrogens with zero attached hydrogens (tertiary/aromatic N) is 1. The van der Waals surface area contributed by atoms with Crippen molar-refractivity contribution in [1.29, 1.82) is 0 Å². The molecule has 0 radical (unpaired) electrons. The SMILES string of the molecule is CC(=NNC(=O)c1ccco1)c1ccccc1. The number of hydrogen-bond acceptors (Lipinski definition) is 3. The molecule has 0 saturated heterocycles. The summed E-state index contributed by atoms with van der Waals surface area (Å²) in [5.41, 5.74) is 4.14. The van der Waals surface area contributed by atoms with Crippen LogP contribution in [0.15, 0.2) is 58.2 Å². The Morgan fingerprint density at radius 1 is 1.18 bits per heavy atom. The first-order chi connectivity index (χ1) is 8.27. The lowest BCUT2D eigenvalue weighted by Gasteiger charge is -2.00. The van der Waals surface area contributed by atoms with Gasteiger partial charge in [-0.25, -0.2) is 5.43 Å². The van der Waals surface area contributed by atoms with Crippen LogP contribution in [0.2, 0.25) is 0 Å². The van der Waals surface area contributed by atoms with Gasteiger partial charge < -0.3 is 4.42 Å². The van der Waals surface area contributed by atoms with E-state index in [9.17, 15) is 4.79 Å². The minimum Gasteiger partial charge on any atom is -0.459 e. The van der Waals surface area contributed by atoms with Crippen molar-refractivity contribution >= 4 is 11.6 Å². The number of furan rings is 1. The summed E-state index contributed by atoms with van der Waals surface area (Å²) in [5, 5.41) is 4.01. The monoisotopic (exact) mass is 228 g/mol. The Kier molecular flexibility index (Phi) is 3.35. The summed E-state index contributed by atoms with van der Waals surface area (Å²) in [6.45, 7) is 1.83. The van der Waals surface area contributed by atoms with E-state index < -0.39 is 0 Å². The molecule has 0 aliphatic rings. The Labute approximate surface area is 99.0 Å². The Balaban J connectivity index is 2.04. The summed E-state index contributed by atoms with van der Waals surface area (Å²) >= 11 is 0. The van der Waals surface area contributed by atoms with Crippen molar-refractivity contribution in [1.82, 2.24) is 5.43 Å². The summed E-state index contributed by atoms with van der Waals surface area (Å²) in [4.78, 5) is 11.5. The molecule has 4 nitrogen and oxygen atoms in total. The van der Waals surface area contributed by atoms with Gasteiger partial charge in [0.1, 0.15) is 0 Å². The predicted octanol–water partition coefficient (Wildman–Crippen LogP) is 2.43. The second-order valence-electron chi connectivity index (χ2n) is 3.48. The molecule has 1 aromatic heterocycles. The van der Waals surface area contributed by atoms with E-state index in [1.807, 2.05) is 37.3 Å². The standard InChI is InChI=1S/C13H12N2O2/c1-10(11-6-3-2-4-7-11)14-15-13(16)12-8-5-9-17-12/h2-9H,1H3,(H,15,16). The van der Waals surface area contributed by atoms with Gasteiger partial charge in [-0.1, -0.05) is 30.3 Å². The topological polar surface area (TPSA) is 54.6 Å². The first-order valence-electron chi connectivity index (χ1n) is 5.21. The van der Waals surface area contributed by atoms with Crippen LogP contribution in [0.4, 0.5) is 0 Å². The second-order valence-corrected chi connectivity index (χ2v) is 3.48. The minimum atomic E-state index is -0.356. The van der Waals surface area contributed by atoms with Crippen molar-refractivity contribution in [3.8, 4) is 0 Å². The molecule has 0 saturated carbocycles. The van der Waals surface area contributed by atoms with Gasteiger partial charge >= 0.3 is 5.91 Å². The third-order valence-electron chi connectivity index (χ3n) is 2.26. The third kappa shape index (κ3) is 2.81. The highest BCUT2D eigenvalue weighted by molar-refractivity contribution is 6.00. The zero-order chi connectivity index (χ0) is 12.1. The van der Waals surface area contributed by atoms with Gasteiger partial charge in [-0.3, -0.25) is 4.79 Å². The van der Waals surface area contributed by atoms with E-state index in [0.29, 0.717) is 0 Å². The van der Waals surface area contributed by atoms with E-state index in [1.165, 1.54) is 6.26 Å². The van der Waals surface area contributed by atoms with Crippen LogP contribution < -0.4 is 5.43 Å². The highest BCUT2D eigenvalue weighted by atomic mass is 16.3. The van der Waals surface area contributed by atoms with Gasteiger partial charge in [0.25, 0.3) is 0 Å². The molecule has 2 aromatic rings. The summed E-state index contributed by atoms with van der Waals surface area (Å²) in [6, 6.07) is 12.9. The van der Waals surface area contributed by atoms with E-state index in [2.05, 4.69) is 10.5 Å². The zero-order valence-electron chi connectivity index (χ0n) is 9.38. The average molecular weight is 228 g/mol. The third-order valence-corrected chi connectivity index (χ3v) is 2.26. The van der Waals surface area contributed by atoms with E-state index in [4.69, 9.17) is 4.42 Å². The quantitative estimate of drug-likeness (QED) is 0.648. The fraction of sp³-hybridized carbons (Fsp3) is 0.0769. The van der Waals surface area contributed by atoms with Crippen LogP contribution >= 0.6 is 0 Å². The van der Waals surface area contributed by atoms with Crippen LogP contribution in [0.25, 0.3) is 0 Å². The summed E-state index contributed by atoms with van der Waals surface area (Å²) in [7, 11) is 0. The molecule has 17 heavy (non-hydrogen) atoms. The van der Waals surface area contributed by atoms with Crippen LogP contribution in [-0.4, -0.2) is 11.6 Å².